The number of carbonyl (C=O) groups is 3. The largest absolute Gasteiger partial charge is 0.465 e. The average molecular weight is 540 g/mol. The summed E-state index contributed by atoms with van der Waals surface area (Å²) in [5, 5.41) is 22.8. The zero-order chi connectivity index (χ0) is 26.5. The van der Waals surface area contributed by atoms with E-state index in [9.17, 15) is 14.4 Å². The number of anilines is 2. The second-order valence-electron chi connectivity index (χ2n) is 7.39. The number of imide groups is 1. The summed E-state index contributed by atoms with van der Waals surface area (Å²) >= 11 is 12.6. The van der Waals surface area contributed by atoms with Crippen LogP contribution in [0.4, 0.5) is 16.4 Å². The van der Waals surface area contributed by atoms with Gasteiger partial charge in [0, 0.05) is 24.5 Å². The van der Waals surface area contributed by atoms with Crippen LogP contribution in [-0.2, 0) is 11.2 Å². The molecule has 4 rings (SSSR count). The molecule has 1 aliphatic heterocycles. The first-order chi connectivity index (χ1) is 17.8. The van der Waals surface area contributed by atoms with Crippen molar-refractivity contribution in [1.82, 2.24) is 15.3 Å². The second kappa shape index (κ2) is 10.9. The highest BCUT2D eigenvalue weighted by Gasteiger charge is 2.27. The van der Waals surface area contributed by atoms with Crippen molar-refractivity contribution in [3.8, 4) is 17.6 Å². The lowest BCUT2D eigenvalue weighted by atomic mass is 9.99. The first-order valence-corrected chi connectivity index (χ1v) is 11.2. The van der Waals surface area contributed by atoms with E-state index in [1.54, 1.807) is 36.7 Å². The molecule has 0 unspecified atom stereocenters. The van der Waals surface area contributed by atoms with Crippen molar-refractivity contribution in [3.63, 3.8) is 0 Å². The van der Waals surface area contributed by atoms with Gasteiger partial charge in [0.2, 0.25) is 11.7 Å². The number of benzene rings is 2. The quantitative estimate of drug-likeness (QED) is 0.310. The predicted octanol–water partition coefficient (Wildman–Crippen LogP) is 3.86. The normalized spacial score (nSPS) is 12.8. The van der Waals surface area contributed by atoms with E-state index in [4.69, 9.17) is 38.3 Å². The lowest BCUT2D eigenvalue weighted by molar-refractivity contribution is -0.114. The van der Waals surface area contributed by atoms with Crippen LogP contribution < -0.4 is 20.4 Å². The second-order valence-corrected chi connectivity index (χ2v) is 8.20. The number of nitrogens with zero attached hydrogens (tertiary/aromatic N) is 5. The minimum absolute atomic E-state index is 0.0832. The number of carbonyl (C=O) groups excluding carboxylic acids is 2. The van der Waals surface area contributed by atoms with Gasteiger partial charge in [-0.15, -0.1) is 0 Å². The lowest BCUT2D eigenvalue weighted by Crippen LogP contribution is -2.38. The summed E-state index contributed by atoms with van der Waals surface area (Å²) in [6.07, 6.45) is 2.06. The van der Waals surface area contributed by atoms with E-state index in [2.05, 4.69) is 20.5 Å². The number of hydrogen-bond acceptors (Lipinski definition) is 9. The van der Waals surface area contributed by atoms with Crippen LogP contribution in [0.25, 0.3) is 0 Å². The first-order valence-electron chi connectivity index (χ1n) is 10.4. The van der Waals surface area contributed by atoms with Crippen LogP contribution in [0, 0.1) is 11.3 Å². The van der Waals surface area contributed by atoms with Crippen molar-refractivity contribution in [2.24, 2.45) is 5.10 Å². The molecule has 14 heteroatoms. The molecule has 12 nitrogen and oxygen atoms in total. The van der Waals surface area contributed by atoms with Gasteiger partial charge in [0.15, 0.2) is 5.75 Å². The van der Waals surface area contributed by atoms with Gasteiger partial charge in [-0.3, -0.25) is 25.2 Å². The molecule has 0 atom stereocenters. The molecule has 0 spiro atoms. The van der Waals surface area contributed by atoms with E-state index < -0.39 is 17.7 Å². The minimum atomic E-state index is -1.63. The fraction of sp³-hybridized carbons (Fsp3) is 0.0870. The Morgan fingerprint density at radius 1 is 1.16 bits per heavy atom. The van der Waals surface area contributed by atoms with Crippen LogP contribution in [0.5, 0.6) is 11.5 Å². The highest BCUT2D eigenvalue weighted by atomic mass is 35.5. The van der Waals surface area contributed by atoms with Crippen LogP contribution in [0.2, 0.25) is 10.0 Å². The van der Waals surface area contributed by atoms with E-state index in [0.29, 0.717) is 30.2 Å². The molecular formula is C23H15Cl2N7O5. The van der Waals surface area contributed by atoms with Crippen molar-refractivity contribution in [2.75, 3.05) is 16.9 Å². The van der Waals surface area contributed by atoms with Crippen LogP contribution >= 0.6 is 23.2 Å². The molecule has 186 valence electrons. The molecule has 0 saturated carbocycles. The zero-order valence-corrected chi connectivity index (χ0v) is 20.1. The summed E-state index contributed by atoms with van der Waals surface area (Å²) in [5.74, 6) is -0.566. The Morgan fingerprint density at radius 2 is 1.86 bits per heavy atom. The van der Waals surface area contributed by atoms with Gasteiger partial charge in [0.05, 0.1) is 15.7 Å². The Bertz CT molecular complexity index is 1450. The molecule has 0 radical (unpaired) electrons. The maximum absolute atomic E-state index is 12.9. The topological polar surface area (TPSA) is 170 Å². The molecule has 1 aromatic heterocycles. The summed E-state index contributed by atoms with van der Waals surface area (Å²) in [5.41, 5.74) is 3.18. The van der Waals surface area contributed by atoms with Crippen LogP contribution in [0.1, 0.15) is 15.9 Å². The molecule has 0 bridgehead atoms. The van der Waals surface area contributed by atoms with Gasteiger partial charge < -0.3 is 9.84 Å². The third-order valence-electron chi connectivity index (χ3n) is 5.01. The molecule has 2 aromatic carbocycles. The van der Waals surface area contributed by atoms with Gasteiger partial charge in [-0.2, -0.15) is 10.4 Å². The Balaban J connectivity index is 1.50. The summed E-state index contributed by atoms with van der Waals surface area (Å²) in [7, 11) is 0. The lowest BCUT2D eigenvalue weighted by Gasteiger charge is -2.27. The molecule has 3 amide bonds. The van der Waals surface area contributed by atoms with Crippen molar-refractivity contribution in [2.45, 2.75) is 6.42 Å². The van der Waals surface area contributed by atoms with Crippen molar-refractivity contribution in [3.05, 3.63) is 70.0 Å². The number of rotatable bonds is 6. The monoisotopic (exact) mass is 539 g/mol. The number of amides is 3. The number of nitrogens with one attached hydrogen (secondary N) is 2. The number of aromatic nitrogens is 2. The number of carboxylic acid groups (broad SMARTS) is 1. The third kappa shape index (κ3) is 5.75. The number of nitriles is 1. The SMILES string of the molecule is N#CC(=NNc1cc(Cl)c(Oc2ccc3c(c2)CCN(c2ncccn2)C3=O)c(Cl)c1)C(=O)NC(=O)O. The molecule has 3 N–H and O–H groups in total. The van der Waals surface area contributed by atoms with Crippen LogP contribution in [-0.4, -0.2) is 45.2 Å². The zero-order valence-electron chi connectivity index (χ0n) is 18.6. The molecule has 2 heterocycles. The molecule has 0 saturated heterocycles. The first kappa shape index (κ1) is 25.4. The average Bonchev–Trinajstić information content (AvgIpc) is 2.87. The van der Waals surface area contributed by atoms with Gasteiger partial charge in [-0.1, -0.05) is 23.2 Å². The Kier molecular flexibility index (Phi) is 7.47. The number of fused-ring (bicyclic) bond motifs is 1. The van der Waals surface area contributed by atoms with Gasteiger partial charge in [-0.25, -0.2) is 14.8 Å². The number of halogens is 2. The van der Waals surface area contributed by atoms with Crippen LogP contribution in [0.3, 0.4) is 0 Å². The predicted molar refractivity (Wildman–Crippen MR) is 133 cm³/mol. The van der Waals surface area contributed by atoms with E-state index in [0.717, 1.165) is 5.56 Å². The molecular weight excluding hydrogens is 525 g/mol. The number of hydrazone groups is 1. The van der Waals surface area contributed by atoms with E-state index in [1.807, 2.05) is 0 Å². The van der Waals surface area contributed by atoms with E-state index in [-0.39, 0.29) is 27.4 Å². The molecule has 1 aliphatic rings. The van der Waals surface area contributed by atoms with Gasteiger partial charge in [-0.05, 0) is 48.4 Å². The summed E-state index contributed by atoms with van der Waals surface area (Å²) in [6.45, 7) is 0.400. The van der Waals surface area contributed by atoms with E-state index in [1.165, 1.54) is 28.4 Å². The third-order valence-corrected chi connectivity index (χ3v) is 5.57. The van der Waals surface area contributed by atoms with Crippen molar-refractivity contribution < 1.29 is 24.2 Å². The fourth-order valence-electron chi connectivity index (χ4n) is 3.39. The molecule has 3 aromatic rings. The number of hydrogen-bond donors (Lipinski definition) is 3. The highest BCUT2D eigenvalue weighted by Crippen LogP contribution is 2.39. The van der Waals surface area contributed by atoms with Gasteiger partial charge >= 0.3 is 6.09 Å². The maximum atomic E-state index is 12.9. The van der Waals surface area contributed by atoms with Crippen LogP contribution in [0.15, 0.2) is 53.9 Å². The molecule has 0 aliphatic carbocycles. The van der Waals surface area contributed by atoms with Crippen molar-refractivity contribution >= 4 is 58.5 Å². The van der Waals surface area contributed by atoms with Gasteiger partial charge in [0.1, 0.15) is 11.8 Å². The highest BCUT2D eigenvalue weighted by molar-refractivity contribution is 6.46. The minimum Gasteiger partial charge on any atom is -0.465 e. The summed E-state index contributed by atoms with van der Waals surface area (Å²) in [6, 6.07) is 10.9. The van der Waals surface area contributed by atoms with E-state index >= 15 is 0 Å². The fourth-order valence-corrected chi connectivity index (χ4v) is 3.96. The number of ether oxygens (including phenoxy) is 1. The summed E-state index contributed by atoms with van der Waals surface area (Å²) in [4.78, 5) is 44.9. The molecule has 37 heavy (non-hydrogen) atoms. The smallest absolute Gasteiger partial charge is 0.411 e. The maximum Gasteiger partial charge on any atom is 0.411 e. The Labute approximate surface area is 219 Å². The Morgan fingerprint density at radius 3 is 2.51 bits per heavy atom. The van der Waals surface area contributed by atoms with Crippen molar-refractivity contribution in [1.29, 1.82) is 5.26 Å². The molecule has 0 fully saturated rings. The Hall–Kier alpha value is -4.73. The standard InChI is InChI=1S/C23H15Cl2N7O5/c24-16-9-13(30-31-18(11-26)20(33)29-23(35)36)10-17(25)19(16)37-14-2-3-15-12(8-14)4-7-32(21(15)34)22-27-5-1-6-28-22/h1-3,5-6,8-10,30H,4,7H2,(H,29,33)(H,35,36). The summed E-state index contributed by atoms with van der Waals surface area (Å²) < 4.78 is 5.88. The van der Waals surface area contributed by atoms with Gasteiger partial charge in [0.25, 0.3) is 11.8 Å².